The van der Waals surface area contributed by atoms with Gasteiger partial charge in [-0.25, -0.2) is 14.4 Å². The fourth-order valence-electron chi connectivity index (χ4n) is 4.17. The Labute approximate surface area is 233 Å². The summed E-state index contributed by atoms with van der Waals surface area (Å²) < 4.78 is 58.8. The minimum Gasteiger partial charge on any atom is -0.494 e. The molecule has 208 valence electrons. The standard InChI is InChI=1S/C26H21BrF4N6O3/c1-12(28)24(38)36-15-6-4-13(5-7-15)21-18(19-22(37(21)2)16(27)10-34-23(19)32)14-8-17(40-3)20(33-9-14)25(39)35-11-26(29,30)31/h4-10H,1,11H2,2-3H3,(H2,32,34)(H,35,39)(H,36,38). The van der Waals surface area contributed by atoms with Gasteiger partial charge in [-0.1, -0.05) is 18.7 Å². The number of nitrogen functional groups attached to an aromatic ring is 1. The Hall–Kier alpha value is -4.46. The highest BCUT2D eigenvalue weighted by atomic mass is 79.9. The first kappa shape index (κ1) is 28.5. The maximum Gasteiger partial charge on any atom is 0.405 e. The Morgan fingerprint density at radius 3 is 2.42 bits per heavy atom. The van der Waals surface area contributed by atoms with Crippen molar-refractivity contribution in [3.63, 3.8) is 0 Å². The third-order valence-electron chi connectivity index (χ3n) is 5.88. The summed E-state index contributed by atoms with van der Waals surface area (Å²) in [6, 6.07) is 7.99. The molecule has 0 bridgehead atoms. The monoisotopic (exact) mass is 620 g/mol. The second-order valence-corrected chi connectivity index (χ2v) is 9.36. The fourth-order valence-corrected chi connectivity index (χ4v) is 4.73. The fraction of sp³-hybridized carbons (Fsp3) is 0.154. The van der Waals surface area contributed by atoms with Crippen molar-refractivity contribution < 1.29 is 31.9 Å². The number of nitrogens with two attached hydrogens (primary N) is 1. The molecule has 3 heterocycles. The lowest BCUT2D eigenvalue weighted by Crippen LogP contribution is -2.34. The van der Waals surface area contributed by atoms with Crippen LogP contribution in [0.5, 0.6) is 5.75 Å². The Balaban J connectivity index is 1.88. The average molecular weight is 621 g/mol. The summed E-state index contributed by atoms with van der Waals surface area (Å²) in [4.78, 5) is 32.4. The lowest BCUT2D eigenvalue weighted by molar-refractivity contribution is -0.123. The van der Waals surface area contributed by atoms with Gasteiger partial charge in [0.2, 0.25) is 0 Å². The van der Waals surface area contributed by atoms with Crippen molar-refractivity contribution in [1.82, 2.24) is 19.9 Å². The lowest BCUT2D eigenvalue weighted by atomic mass is 9.99. The van der Waals surface area contributed by atoms with Crippen molar-refractivity contribution in [2.45, 2.75) is 6.18 Å². The van der Waals surface area contributed by atoms with Gasteiger partial charge in [0.15, 0.2) is 17.3 Å². The number of ether oxygens (including phenoxy) is 1. The zero-order valence-corrected chi connectivity index (χ0v) is 22.6. The topological polar surface area (TPSA) is 124 Å². The minimum absolute atomic E-state index is 0.0637. The van der Waals surface area contributed by atoms with Gasteiger partial charge >= 0.3 is 6.18 Å². The number of aromatic nitrogens is 3. The van der Waals surface area contributed by atoms with E-state index < -0.39 is 30.4 Å². The average Bonchev–Trinajstić information content (AvgIpc) is 3.23. The van der Waals surface area contributed by atoms with Gasteiger partial charge in [0.05, 0.1) is 28.2 Å². The molecule has 0 atom stereocenters. The number of rotatable bonds is 7. The van der Waals surface area contributed by atoms with Crippen LogP contribution >= 0.6 is 15.9 Å². The second kappa shape index (κ2) is 11.0. The first-order chi connectivity index (χ1) is 18.8. The summed E-state index contributed by atoms with van der Waals surface area (Å²) in [6.45, 7) is 1.44. The van der Waals surface area contributed by atoms with Gasteiger partial charge in [-0.15, -0.1) is 0 Å². The second-order valence-electron chi connectivity index (χ2n) is 8.51. The maximum atomic E-state index is 13.1. The molecule has 3 aromatic heterocycles. The first-order valence-electron chi connectivity index (χ1n) is 11.4. The van der Waals surface area contributed by atoms with Crippen molar-refractivity contribution in [2.24, 2.45) is 7.05 Å². The molecule has 0 unspecified atom stereocenters. The molecule has 4 aromatic rings. The molecule has 0 aliphatic rings. The number of fused-ring (bicyclic) bond motifs is 1. The minimum atomic E-state index is -4.60. The number of pyridine rings is 2. The van der Waals surface area contributed by atoms with Gasteiger partial charge < -0.3 is 25.7 Å². The normalized spacial score (nSPS) is 11.4. The van der Waals surface area contributed by atoms with Crippen molar-refractivity contribution in [2.75, 3.05) is 24.7 Å². The van der Waals surface area contributed by atoms with Gasteiger partial charge in [0, 0.05) is 36.3 Å². The molecular formula is C26H21BrF4N6O3. The number of nitrogens with one attached hydrogen (secondary N) is 2. The van der Waals surface area contributed by atoms with Gasteiger partial charge in [0.1, 0.15) is 12.4 Å². The number of alkyl halides is 3. The Bertz CT molecular complexity index is 1650. The quantitative estimate of drug-likeness (QED) is 0.188. The largest absolute Gasteiger partial charge is 0.494 e. The first-order valence-corrected chi connectivity index (χ1v) is 12.2. The van der Waals surface area contributed by atoms with Crippen LogP contribution in [0.4, 0.5) is 29.1 Å². The Morgan fingerprint density at radius 2 is 1.82 bits per heavy atom. The smallest absolute Gasteiger partial charge is 0.405 e. The summed E-state index contributed by atoms with van der Waals surface area (Å²) in [7, 11) is 3.05. The van der Waals surface area contributed by atoms with E-state index in [4.69, 9.17) is 10.5 Å². The number of hydrogen-bond acceptors (Lipinski definition) is 6. The van der Waals surface area contributed by atoms with Crippen LogP contribution in [0.25, 0.3) is 33.3 Å². The molecule has 9 nitrogen and oxygen atoms in total. The SMILES string of the molecule is C=C(F)C(=O)Nc1ccc(-c2c(-c3cnc(C(=O)NCC(F)(F)F)c(OC)c3)c3c(N)ncc(Br)c3n2C)cc1. The summed E-state index contributed by atoms with van der Waals surface area (Å²) in [5, 5.41) is 4.70. The van der Waals surface area contributed by atoms with Crippen LogP contribution in [0.2, 0.25) is 0 Å². The molecule has 14 heteroatoms. The number of aryl methyl sites for hydroxylation is 1. The van der Waals surface area contributed by atoms with Crippen molar-refractivity contribution in [1.29, 1.82) is 0 Å². The van der Waals surface area contributed by atoms with Crippen LogP contribution in [0.1, 0.15) is 10.5 Å². The molecule has 2 amide bonds. The molecule has 0 saturated heterocycles. The van der Waals surface area contributed by atoms with E-state index in [0.29, 0.717) is 43.4 Å². The number of amides is 2. The highest BCUT2D eigenvalue weighted by molar-refractivity contribution is 9.10. The summed E-state index contributed by atoms with van der Waals surface area (Å²) >= 11 is 3.50. The lowest BCUT2D eigenvalue weighted by Gasteiger charge is -2.13. The number of benzene rings is 1. The number of nitrogens with zero attached hydrogens (tertiary/aromatic N) is 3. The van der Waals surface area contributed by atoms with E-state index in [1.54, 1.807) is 42.8 Å². The van der Waals surface area contributed by atoms with E-state index in [2.05, 4.69) is 37.8 Å². The summed E-state index contributed by atoms with van der Waals surface area (Å²) in [6.07, 6.45) is -1.73. The molecule has 0 spiro atoms. The van der Waals surface area contributed by atoms with Crippen molar-refractivity contribution in [3.8, 4) is 28.1 Å². The molecule has 0 fully saturated rings. The molecule has 0 aliphatic heterocycles. The third kappa shape index (κ3) is 5.61. The predicted octanol–water partition coefficient (Wildman–Crippen LogP) is 5.37. The number of carbonyl (C=O) groups excluding carboxylic acids is 2. The number of anilines is 2. The van der Waals surface area contributed by atoms with Crippen LogP contribution in [0.3, 0.4) is 0 Å². The number of hydrogen-bond donors (Lipinski definition) is 3. The molecule has 1 aromatic carbocycles. The van der Waals surface area contributed by atoms with Gasteiger partial charge in [-0.3, -0.25) is 9.59 Å². The summed E-state index contributed by atoms with van der Waals surface area (Å²) in [5.41, 5.74) is 9.23. The molecule has 40 heavy (non-hydrogen) atoms. The Morgan fingerprint density at radius 1 is 1.15 bits per heavy atom. The van der Waals surface area contributed by atoms with Crippen LogP contribution < -0.4 is 21.1 Å². The van der Waals surface area contributed by atoms with Gasteiger partial charge in [-0.2, -0.15) is 13.2 Å². The van der Waals surface area contributed by atoms with Crippen molar-refractivity contribution >= 4 is 50.2 Å². The molecule has 4 N–H and O–H groups in total. The highest BCUT2D eigenvalue weighted by Crippen LogP contribution is 2.45. The van der Waals surface area contributed by atoms with Gasteiger partial charge in [-0.05, 0) is 39.7 Å². The highest BCUT2D eigenvalue weighted by Gasteiger charge is 2.29. The van der Waals surface area contributed by atoms with E-state index in [0.717, 1.165) is 0 Å². The molecule has 4 rings (SSSR count). The number of halogens is 5. The third-order valence-corrected chi connectivity index (χ3v) is 6.46. The van der Waals surface area contributed by atoms with Crippen LogP contribution in [0, 0.1) is 0 Å². The predicted molar refractivity (Wildman–Crippen MR) is 145 cm³/mol. The Kier molecular flexibility index (Phi) is 7.82. The van der Waals surface area contributed by atoms with Crippen molar-refractivity contribution in [3.05, 3.63) is 65.3 Å². The van der Waals surface area contributed by atoms with E-state index in [1.165, 1.54) is 19.4 Å². The number of methoxy groups -OCH3 is 1. The molecular weight excluding hydrogens is 600 g/mol. The summed E-state index contributed by atoms with van der Waals surface area (Å²) in [5.74, 6) is -3.04. The van der Waals surface area contributed by atoms with Crippen LogP contribution in [-0.4, -0.2) is 46.2 Å². The molecule has 0 aliphatic carbocycles. The van der Waals surface area contributed by atoms with Crippen LogP contribution in [-0.2, 0) is 11.8 Å². The zero-order chi connectivity index (χ0) is 29.4. The van der Waals surface area contributed by atoms with E-state index in [-0.39, 0.29) is 17.3 Å². The van der Waals surface area contributed by atoms with Crippen LogP contribution in [0.15, 0.2) is 59.6 Å². The van der Waals surface area contributed by atoms with E-state index in [9.17, 15) is 27.2 Å². The maximum absolute atomic E-state index is 13.1. The zero-order valence-electron chi connectivity index (χ0n) is 21.0. The molecule has 0 radical (unpaired) electrons. The number of carbonyl (C=O) groups is 2. The van der Waals surface area contributed by atoms with Gasteiger partial charge in [0.25, 0.3) is 11.8 Å². The molecule has 0 saturated carbocycles. The van der Waals surface area contributed by atoms with E-state index >= 15 is 0 Å². The van der Waals surface area contributed by atoms with E-state index in [1.807, 2.05) is 4.57 Å².